The van der Waals surface area contributed by atoms with Crippen LogP contribution in [0.1, 0.15) is 11.4 Å². The molecule has 0 unspecified atom stereocenters. The zero-order chi connectivity index (χ0) is 16.6. The Bertz CT molecular complexity index is 882. The summed E-state index contributed by atoms with van der Waals surface area (Å²) < 4.78 is 2.18. The lowest BCUT2D eigenvalue weighted by Gasteiger charge is -2.28. The van der Waals surface area contributed by atoms with E-state index in [1.165, 1.54) is 36.0 Å². The van der Waals surface area contributed by atoms with Crippen LogP contribution in [0.5, 0.6) is 0 Å². The van der Waals surface area contributed by atoms with E-state index in [4.69, 9.17) is 5.10 Å². The number of hydrogen-bond donors (Lipinski definition) is 0. The molecule has 3 aromatic heterocycles. The minimum atomic E-state index is 0.866. The second kappa shape index (κ2) is 6.59. The first-order valence-corrected chi connectivity index (χ1v) is 10.7. The van der Waals surface area contributed by atoms with Crippen LogP contribution in [0.3, 0.4) is 0 Å². The minimum Gasteiger partial charge on any atom is -0.348 e. The Morgan fingerprint density at radius 2 is 2.00 bits per heavy atom. The first-order valence-electron chi connectivity index (χ1n) is 8.66. The average molecular weight is 373 g/mol. The minimum absolute atomic E-state index is 0.866. The van der Waals surface area contributed by atoms with E-state index in [-0.39, 0.29) is 0 Å². The van der Waals surface area contributed by atoms with Crippen molar-refractivity contribution >= 4 is 39.1 Å². The van der Waals surface area contributed by atoms with E-state index in [0.29, 0.717) is 0 Å². The Balaban J connectivity index is 1.36. The first kappa shape index (κ1) is 15.6. The summed E-state index contributed by atoms with van der Waals surface area (Å²) in [4.78, 5) is 14.9. The fourth-order valence-corrected chi connectivity index (χ4v) is 5.31. The Morgan fingerprint density at radius 3 is 2.92 bits per heavy atom. The normalized spacial score (nSPS) is 18.6. The quantitative estimate of drug-likeness (QED) is 0.704. The molecular formula is C17H20N6S2. The summed E-state index contributed by atoms with van der Waals surface area (Å²) in [6.07, 6.45) is 1.68. The van der Waals surface area contributed by atoms with Crippen LogP contribution < -0.4 is 4.90 Å². The summed E-state index contributed by atoms with van der Waals surface area (Å²) >= 11 is 3.72. The third kappa shape index (κ3) is 3.02. The zero-order valence-electron chi connectivity index (χ0n) is 14.0. The molecule has 0 aliphatic carbocycles. The molecule has 0 spiro atoms. The van der Waals surface area contributed by atoms with Crippen LogP contribution in [0, 0.1) is 0 Å². The maximum absolute atomic E-state index is 4.84. The van der Waals surface area contributed by atoms with Crippen LogP contribution in [-0.4, -0.2) is 55.8 Å². The van der Waals surface area contributed by atoms with Crippen molar-refractivity contribution in [1.82, 2.24) is 24.6 Å². The number of fused-ring (bicyclic) bond motifs is 2. The lowest BCUT2D eigenvalue weighted by atomic mass is 10.2. The molecule has 2 aliphatic heterocycles. The van der Waals surface area contributed by atoms with Gasteiger partial charge in [0, 0.05) is 37.7 Å². The molecule has 0 radical (unpaired) electrons. The topological polar surface area (TPSA) is 50.1 Å². The van der Waals surface area contributed by atoms with Crippen molar-refractivity contribution in [3.05, 3.63) is 35.2 Å². The Hall–Kier alpha value is -1.64. The summed E-state index contributed by atoms with van der Waals surface area (Å²) in [6, 6.07) is 4.40. The number of nitrogens with zero attached hydrogens (tertiary/aromatic N) is 6. The van der Waals surface area contributed by atoms with Gasteiger partial charge in [0.2, 0.25) is 0 Å². The van der Waals surface area contributed by atoms with Crippen molar-refractivity contribution < 1.29 is 0 Å². The molecule has 0 aromatic carbocycles. The second-order valence-corrected chi connectivity index (χ2v) is 8.62. The Labute approximate surface area is 154 Å². The zero-order valence-corrected chi connectivity index (χ0v) is 15.6. The average Bonchev–Trinajstić information content (AvgIpc) is 3.27. The molecule has 130 valence electrons. The molecule has 8 heteroatoms. The molecule has 0 bridgehead atoms. The molecule has 25 heavy (non-hydrogen) atoms. The van der Waals surface area contributed by atoms with Gasteiger partial charge in [0.15, 0.2) is 0 Å². The van der Waals surface area contributed by atoms with Gasteiger partial charge in [0.25, 0.3) is 0 Å². The molecular weight excluding hydrogens is 352 g/mol. The molecule has 0 atom stereocenters. The second-order valence-electron chi connectivity index (χ2n) is 6.50. The van der Waals surface area contributed by atoms with Crippen LogP contribution in [0.25, 0.3) is 10.2 Å². The summed E-state index contributed by atoms with van der Waals surface area (Å²) in [5.41, 5.74) is 2.49. The third-order valence-corrected chi connectivity index (χ3v) is 6.64. The standard InChI is InChI=1S/C17H20N6S2/c1-6-25-17-15(1)16(18-12-19-17)22-2-3-23-14(11-22)9-13(20-23)10-21-4-7-24-8-5-21/h1,6,9,12H,2-5,7-8,10-11H2. The van der Waals surface area contributed by atoms with E-state index in [0.717, 1.165) is 42.2 Å². The highest BCUT2D eigenvalue weighted by atomic mass is 32.2. The fraction of sp³-hybridized carbons (Fsp3) is 0.471. The van der Waals surface area contributed by atoms with Crippen LogP contribution in [-0.2, 0) is 19.6 Å². The largest absolute Gasteiger partial charge is 0.348 e. The van der Waals surface area contributed by atoms with Gasteiger partial charge in [-0.05, 0) is 17.5 Å². The number of aromatic nitrogens is 4. The van der Waals surface area contributed by atoms with E-state index in [1.54, 1.807) is 17.7 Å². The first-order chi connectivity index (χ1) is 12.4. The molecule has 0 saturated carbocycles. The van der Waals surface area contributed by atoms with Crippen molar-refractivity contribution in [2.75, 3.05) is 36.0 Å². The number of hydrogen-bond acceptors (Lipinski definition) is 7. The molecule has 3 aromatic rings. The molecule has 0 N–H and O–H groups in total. The van der Waals surface area contributed by atoms with Gasteiger partial charge < -0.3 is 4.90 Å². The number of thiophene rings is 1. The lowest BCUT2D eigenvalue weighted by molar-refractivity contribution is 0.289. The van der Waals surface area contributed by atoms with Gasteiger partial charge in [0.05, 0.1) is 29.9 Å². The molecule has 5 rings (SSSR count). The highest BCUT2D eigenvalue weighted by Crippen LogP contribution is 2.29. The van der Waals surface area contributed by atoms with E-state index in [2.05, 4.69) is 53.7 Å². The van der Waals surface area contributed by atoms with Gasteiger partial charge >= 0.3 is 0 Å². The van der Waals surface area contributed by atoms with Gasteiger partial charge in [0.1, 0.15) is 17.0 Å². The summed E-state index contributed by atoms with van der Waals surface area (Å²) in [6.45, 7) is 6.05. The van der Waals surface area contributed by atoms with Gasteiger partial charge in [-0.1, -0.05) is 0 Å². The van der Waals surface area contributed by atoms with E-state index in [9.17, 15) is 0 Å². The highest BCUT2D eigenvalue weighted by molar-refractivity contribution is 7.99. The van der Waals surface area contributed by atoms with Crippen LogP contribution in [0.15, 0.2) is 23.8 Å². The van der Waals surface area contributed by atoms with Gasteiger partial charge in [-0.2, -0.15) is 16.9 Å². The SMILES string of the molecule is c1nc(N2CCn3nc(CN4CCSCC4)cc3C2)c2ccsc2n1. The van der Waals surface area contributed by atoms with Crippen LogP contribution in [0.2, 0.25) is 0 Å². The molecule has 2 aliphatic rings. The van der Waals surface area contributed by atoms with Crippen molar-refractivity contribution in [2.45, 2.75) is 19.6 Å². The van der Waals surface area contributed by atoms with Crippen molar-refractivity contribution in [1.29, 1.82) is 0 Å². The van der Waals surface area contributed by atoms with Crippen molar-refractivity contribution in [2.24, 2.45) is 0 Å². The highest BCUT2D eigenvalue weighted by Gasteiger charge is 2.22. The predicted octanol–water partition coefficient (Wildman–Crippen LogP) is 2.46. The molecule has 6 nitrogen and oxygen atoms in total. The summed E-state index contributed by atoms with van der Waals surface area (Å²) in [7, 11) is 0. The Morgan fingerprint density at radius 1 is 1.08 bits per heavy atom. The van der Waals surface area contributed by atoms with E-state index < -0.39 is 0 Å². The number of anilines is 1. The maximum Gasteiger partial charge on any atom is 0.141 e. The summed E-state index contributed by atoms with van der Waals surface area (Å²) in [5.74, 6) is 3.53. The van der Waals surface area contributed by atoms with E-state index >= 15 is 0 Å². The monoisotopic (exact) mass is 372 g/mol. The molecule has 1 fully saturated rings. The fourth-order valence-electron chi connectivity index (χ4n) is 3.60. The maximum atomic E-state index is 4.84. The van der Waals surface area contributed by atoms with Crippen molar-refractivity contribution in [3.8, 4) is 0 Å². The predicted molar refractivity (Wildman–Crippen MR) is 103 cm³/mol. The van der Waals surface area contributed by atoms with E-state index in [1.807, 2.05) is 0 Å². The Kier molecular flexibility index (Phi) is 4.11. The number of thioether (sulfide) groups is 1. The third-order valence-electron chi connectivity index (χ3n) is 4.88. The van der Waals surface area contributed by atoms with Crippen LogP contribution >= 0.6 is 23.1 Å². The van der Waals surface area contributed by atoms with Crippen LogP contribution in [0.4, 0.5) is 5.82 Å². The van der Waals surface area contributed by atoms with Gasteiger partial charge in [-0.25, -0.2) is 9.97 Å². The summed E-state index contributed by atoms with van der Waals surface area (Å²) in [5, 5.41) is 8.08. The smallest absolute Gasteiger partial charge is 0.141 e. The molecule has 0 amide bonds. The molecule has 1 saturated heterocycles. The molecule has 5 heterocycles. The lowest BCUT2D eigenvalue weighted by Crippen LogP contribution is -2.34. The van der Waals surface area contributed by atoms with Crippen molar-refractivity contribution in [3.63, 3.8) is 0 Å². The van der Waals surface area contributed by atoms with Gasteiger partial charge in [-0.3, -0.25) is 9.58 Å². The van der Waals surface area contributed by atoms with Gasteiger partial charge in [-0.15, -0.1) is 11.3 Å². The number of rotatable bonds is 3.